The average Bonchev–Trinajstić information content (AvgIpc) is 2.87. The van der Waals surface area contributed by atoms with Gasteiger partial charge in [0.15, 0.2) is 0 Å². The van der Waals surface area contributed by atoms with Crippen LogP contribution in [0.4, 0.5) is 0 Å². The van der Waals surface area contributed by atoms with Gasteiger partial charge in [-0.1, -0.05) is 20.8 Å². The molecule has 2 rings (SSSR count). The average molecular weight is 238 g/mol. The minimum Gasteiger partial charge on any atom is -0.329 e. The molecule has 1 unspecified atom stereocenters. The van der Waals surface area contributed by atoms with Gasteiger partial charge in [0.2, 0.25) is 0 Å². The van der Waals surface area contributed by atoms with Crippen LogP contribution in [-0.4, -0.2) is 12.6 Å². The van der Waals surface area contributed by atoms with Gasteiger partial charge in [0.05, 0.1) is 6.04 Å². The fourth-order valence-electron chi connectivity index (χ4n) is 1.74. The van der Waals surface area contributed by atoms with Crippen LogP contribution in [0, 0.1) is 0 Å². The largest absolute Gasteiger partial charge is 0.329 e. The van der Waals surface area contributed by atoms with Crippen LogP contribution in [0.2, 0.25) is 0 Å². The first-order valence-electron chi connectivity index (χ1n) is 6.07. The van der Waals surface area contributed by atoms with Crippen molar-refractivity contribution in [3.8, 4) is 0 Å². The lowest BCUT2D eigenvalue weighted by Crippen LogP contribution is -2.29. The van der Waals surface area contributed by atoms with Crippen molar-refractivity contribution < 1.29 is 0 Å². The van der Waals surface area contributed by atoms with E-state index in [4.69, 9.17) is 5.73 Å². The van der Waals surface area contributed by atoms with Crippen molar-refractivity contribution in [3.63, 3.8) is 0 Å². The third-order valence-electron chi connectivity index (χ3n) is 2.96. The van der Waals surface area contributed by atoms with Crippen LogP contribution in [0.3, 0.4) is 0 Å². The quantitative estimate of drug-likeness (QED) is 0.846. The molecule has 1 aliphatic carbocycles. The molecule has 1 heterocycles. The Kier molecular flexibility index (Phi) is 3.38. The summed E-state index contributed by atoms with van der Waals surface area (Å²) < 4.78 is 0. The van der Waals surface area contributed by atoms with Crippen molar-refractivity contribution in [3.05, 3.63) is 21.9 Å². The Balaban J connectivity index is 2.09. The topological polar surface area (TPSA) is 38.0 Å². The molecule has 1 aromatic heterocycles. The molecule has 3 heteroatoms. The summed E-state index contributed by atoms with van der Waals surface area (Å²) >= 11 is 1.90. The highest BCUT2D eigenvalue weighted by molar-refractivity contribution is 7.12. The molecule has 1 aromatic rings. The third kappa shape index (κ3) is 2.84. The van der Waals surface area contributed by atoms with Gasteiger partial charge in [-0.2, -0.15) is 0 Å². The summed E-state index contributed by atoms with van der Waals surface area (Å²) in [6.45, 7) is 7.47. The lowest BCUT2D eigenvalue weighted by Gasteiger charge is -2.17. The van der Waals surface area contributed by atoms with Crippen LogP contribution in [0.25, 0.3) is 0 Å². The van der Waals surface area contributed by atoms with Crippen molar-refractivity contribution in [1.29, 1.82) is 0 Å². The van der Waals surface area contributed by atoms with Crippen LogP contribution in [-0.2, 0) is 5.41 Å². The van der Waals surface area contributed by atoms with E-state index in [2.05, 4.69) is 38.2 Å². The zero-order valence-electron chi connectivity index (χ0n) is 10.4. The maximum Gasteiger partial charge on any atom is 0.0541 e. The lowest BCUT2D eigenvalue weighted by atomic mass is 9.95. The molecule has 0 radical (unpaired) electrons. The molecule has 0 amide bonds. The van der Waals surface area contributed by atoms with Gasteiger partial charge in [-0.15, -0.1) is 11.3 Å². The van der Waals surface area contributed by atoms with Gasteiger partial charge < -0.3 is 11.1 Å². The van der Waals surface area contributed by atoms with Gasteiger partial charge in [0, 0.05) is 22.3 Å². The molecule has 2 nitrogen and oxygen atoms in total. The normalized spacial score (nSPS) is 18.8. The fraction of sp³-hybridized carbons (Fsp3) is 0.692. The summed E-state index contributed by atoms with van der Waals surface area (Å²) in [7, 11) is 0. The van der Waals surface area contributed by atoms with Crippen LogP contribution in [0.15, 0.2) is 12.1 Å². The second-order valence-corrected chi connectivity index (χ2v) is 6.80. The van der Waals surface area contributed by atoms with E-state index in [9.17, 15) is 0 Å². The monoisotopic (exact) mass is 238 g/mol. The van der Waals surface area contributed by atoms with Crippen molar-refractivity contribution in [1.82, 2.24) is 5.32 Å². The molecule has 16 heavy (non-hydrogen) atoms. The maximum atomic E-state index is 5.84. The molecule has 3 N–H and O–H groups in total. The van der Waals surface area contributed by atoms with E-state index in [0.717, 1.165) is 0 Å². The number of nitrogens with one attached hydrogen (secondary N) is 1. The number of hydrogen-bond donors (Lipinski definition) is 2. The Morgan fingerprint density at radius 3 is 2.56 bits per heavy atom. The predicted molar refractivity (Wildman–Crippen MR) is 71.0 cm³/mol. The number of nitrogens with two attached hydrogens (primary N) is 1. The van der Waals surface area contributed by atoms with Crippen molar-refractivity contribution in [2.75, 3.05) is 6.54 Å². The SMILES string of the molecule is CC(C)(C)c1ccc(C(CN)NC2CC2)s1. The fourth-order valence-corrected chi connectivity index (χ4v) is 2.88. The number of rotatable bonds is 4. The van der Waals surface area contributed by atoms with Gasteiger partial charge in [-0.25, -0.2) is 0 Å². The Bertz CT molecular complexity index is 347. The van der Waals surface area contributed by atoms with Crippen molar-refractivity contribution in [2.45, 2.75) is 51.1 Å². The first kappa shape index (κ1) is 12.1. The molecular formula is C13H22N2S. The molecule has 1 saturated carbocycles. The Morgan fingerprint density at radius 1 is 1.44 bits per heavy atom. The van der Waals surface area contributed by atoms with Gasteiger partial charge in [0.25, 0.3) is 0 Å². The molecular weight excluding hydrogens is 216 g/mol. The van der Waals surface area contributed by atoms with E-state index >= 15 is 0 Å². The summed E-state index contributed by atoms with van der Waals surface area (Å²) in [5.41, 5.74) is 6.09. The molecule has 1 fully saturated rings. The van der Waals surface area contributed by atoms with E-state index in [1.807, 2.05) is 11.3 Å². The smallest absolute Gasteiger partial charge is 0.0541 e. The zero-order valence-corrected chi connectivity index (χ0v) is 11.2. The first-order chi connectivity index (χ1) is 7.50. The maximum absolute atomic E-state index is 5.84. The van der Waals surface area contributed by atoms with Crippen molar-refractivity contribution in [2.24, 2.45) is 5.73 Å². The molecule has 0 saturated heterocycles. The lowest BCUT2D eigenvalue weighted by molar-refractivity contribution is 0.546. The summed E-state index contributed by atoms with van der Waals surface area (Å²) in [6, 6.07) is 5.55. The molecule has 0 aliphatic heterocycles. The molecule has 0 bridgehead atoms. The highest BCUT2D eigenvalue weighted by Crippen LogP contribution is 2.33. The van der Waals surface area contributed by atoms with Gasteiger partial charge >= 0.3 is 0 Å². The van der Waals surface area contributed by atoms with E-state index in [1.165, 1.54) is 22.6 Å². The first-order valence-corrected chi connectivity index (χ1v) is 6.88. The van der Waals surface area contributed by atoms with E-state index in [-0.39, 0.29) is 5.41 Å². The molecule has 90 valence electrons. The van der Waals surface area contributed by atoms with Crippen LogP contribution in [0.1, 0.15) is 49.4 Å². The van der Waals surface area contributed by atoms with Crippen LogP contribution < -0.4 is 11.1 Å². The summed E-state index contributed by atoms with van der Waals surface area (Å²) in [5.74, 6) is 0. The summed E-state index contributed by atoms with van der Waals surface area (Å²) in [6.07, 6.45) is 2.63. The third-order valence-corrected chi connectivity index (χ3v) is 4.58. The van der Waals surface area contributed by atoms with E-state index < -0.39 is 0 Å². The minimum absolute atomic E-state index is 0.252. The van der Waals surface area contributed by atoms with Crippen LogP contribution >= 0.6 is 11.3 Å². The highest BCUT2D eigenvalue weighted by atomic mass is 32.1. The molecule has 1 atom stereocenters. The second-order valence-electron chi connectivity index (χ2n) is 5.68. The van der Waals surface area contributed by atoms with E-state index in [0.29, 0.717) is 18.6 Å². The molecule has 1 aliphatic rings. The van der Waals surface area contributed by atoms with Gasteiger partial charge in [0.1, 0.15) is 0 Å². The van der Waals surface area contributed by atoms with Crippen molar-refractivity contribution >= 4 is 11.3 Å². The zero-order chi connectivity index (χ0) is 11.8. The van der Waals surface area contributed by atoms with Gasteiger partial charge in [-0.05, 0) is 30.4 Å². The predicted octanol–water partition coefficient (Wildman–Crippen LogP) is 2.80. The van der Waals surface area contributed by atoms with E-state index in [1.54, 1.807) is 0 Å². The summed E-state index contributed by atoms with van der Waals surface area (Å²) in [5, 5.41) is 3.61. The Morgan fingerprint density at radius 2 is 2.12 bits per heavy atom. The molecule has 0 spiro atoms. The number of hydrogen-bond acceptors (Lipinski definition) is 3. The summed E-state index contributed by atoms with van der Waals surface area (Å²) in [4.78, 5) is 2.83. The standard InChI is InChI=1S/C13H22N2S/c1-13(2,3)12-7-6-11(16-12)10(8-14)15-9-4-5-9/h6-7,9-10,15H,4-5,8,14H2,1-3H3. The minimum atomic E-state index is 0.252. The Hall–Kier alpha value is -0.380. The highest BCUT2D eigenvalue weighted by Gasteiger charge is 2.26. The Labute approximate surface area is 102 Å². The second kappa shape index (κ2) is 4.47. The molecule has 0 aromatic carbocycles. The van der Waals surface area contributed by atoms with Crippen LogP contribution in [0.5, 0.6) is 0 Å². The number of thiophene rings is 1. The van der Waals surface area contributed by atoms with Gasteiger partial charge in [-0.3, -0.25) is 0 Å².